The van der Waals surface area contributed by atoms with E-state index in [1.165, 1.54) is 0 Å². The first-order valence-electron chi connectivity index (χ1n) is 7.45. The second kappa shape index (κ2) is 6.47. The number of aliphatic imine (C=N–C) groups is 1. The van der Waals surface area contributed by atoms with Crippen molar-refractivity contribution in [2.75, 3.05) is 5.75 Å². The number of benzene rings is 1. The third-order valence-electron chi connectivity index (χ3n) is 4.47. The molecule has 0 fully saturated rings. The van der Waals surface area contributed by atoms with Crippen LogP contribution in [0, 0.1) is 10.7 Å². The van der Waals surface area contributed by atoms with E-state index in [1.807, 2.05) is 4.58 Å². The Morgan fingerprint density at radius 2 is 1.88 bits per heavy atom. The zero-order valence-electron chi connectivity index (χ0n) is 13.5. The van der Waals surface area contributed by atoms with E-state index in [-0.39, 0.29) is 30.5 Å². The first-order valence-corrected chi connectivity index (χ1v) is 9.06. The smallest absolute Gasteiger partial charge is 0.257 e. The van der Waals surface area contributed by atoms with Crippen LogP contribution in [0.25, 0.3) is 0 Å². The molecule has 0 aromatic heterocycles. The van der Waals surface area contributed by atoms with Crippen LogP contribution >= 0.6 is 0 Å². The molecule has 1 aliphatic rings. The molecule has 2 rings (SSSR count). The molecule has 0 saturated heterocycles. The Kier molecular flexibility index (Phi) is 5.04. The fraction of sp³-hybridized carbons (Fsp3) is 0.533. The van der Waals surface area contributed by atoms with Gasteiger partial charge < -0.3 is 0 Å². The largest absolute Gasteiger partial charge is 0.416 e. The number of fused-ring (bicyclic) bond motifs is 1. The van der Waals surface area contributed by atoms with E-state index < -0.39 is 38.7 Å². The molecular weight excluding hydrogens is 364 g/mol. The van der Waals surface area contributed by atoms with Gasteiger partial charge in [-0.15, -0.1) is 4.91 Å². The highest BCUT2D eigenvalue weighted by atomic mass is 32.2. The molecule has 1 heterocycles. The molecule has 1 atom stereocenters. The molecule has 138 valence electrons. The van der Waals surface area contributed by atoms with Crippen molar-refractivity contribution < 1.29 is 26.0 Å². The van der Waals surface area contributed by atoms with Crippen molar-refractivity contribution in [2.24, 2.45) is 9.57 Å². The van der Waals surface area contributed by atoms with Crippen LogP contribution < -0.4 is 0 Å². The molecule has 1 aromatic rings. The Hall–Kier alpha value is -1.84. The van der Waals surface area contributed by atoms with Crippen molar-refractivity contribution in [2.45, 2.75) is 44.7 Å². The van der Waals surface area contributed by atoms with Gasteiger partial charge in [0, 0.05) is 16.7 Å². The number of hydrogen-bond acceptors (Lipinski definition) is 4. The van der Waals surface area contributed by atoms with E-state index in [2.05, 4.69) is 4.99 Å². The van der Waals surface area contributed by atoms with Crippen molar-refractivity contribution in [3.05, 3.63) is 34.0 Å². The number of halogens is 4. The van der Waals surface area contributed by atoms with E-state index in [0.29, 0.717) is 11.8 Å². The van der Waals surface area contributed by atoms with Gasteiger partial charge >= 0.3 is 6.18 Å². The number of sulfonamides is 1. The van der Waals surface area contributed by atoms with Gasteiger partial charge in [-0.2, -0.15) is 13.2 Å². The third-order valence-corrected chi connectivity index (χ3v) is 5.50. The molecule has 0 amide bonds. The van der Waals surface area contributed by atoms with Crippen LogP contribution in [-0.4, -0.2) is 19.9 Å². The fourth-order valence-electron chi connectivity index (χ4n) is 3.08. The van der Waals surface area contributed by atoms with Crippen molar-refractivity contribution in [1.29, 1.82) is 0 Å². The molecule has 0 N–H and O–H groups in total. The average molecular weight is 380 g/mol. The van der Waals surface area contributed by atoms with Crippen LogP contribution in [0.2, 0.25) is 0 Å². The monoisotopic (exact) mass is 380 g/mol. The number of hydrogen-bond donors (Lipinski definition) is 0. The first-order chi connectivity index (χ1) is 11.4. The Morgan fingerprint density at radius 1 is 1.24 bits per heavy atom. The fourth-order valence-corrected chi connectivity index (χ4v) is 3.72. The highest BCUT2D eigenvalue weighted by Gasteiger charge is 2.45. The summed E-state index contributed by atoms with van der Waals surface area (Å²) in [5, 5.41) is 0. The maximum atomic E-state index is 13.5. The van der Waals surface area contributed by atoms with Crippen LogP contribution in [0.4, 0.5) is 23.2 Å². The minimum atomic E-state index is -4.74. The second-order valence-corrected chi connectivity index (χ2v) is 7.91. The Morgan fingerprint density at radius 3 is 2.44 bits per heavy atom. The summed E-state index contributed by atoms with van der Waals surface area (Å²) in [7, 11) is -4.04. The maximum Gasteiger partial charge on any atom is 0.416 e. The van der Waals surface area contributed by atoms with Gasteiger partial charge in [0.1, 0.15) is 5.82 Å². The lowest BCUT2D eigenvalue weighted by atomic mass is 9.74. The maximum absolute atomic E-state index is 13.5. The van der Waals surface area contributed by atoms with E-state index in [4.69, 9.17) is 0 Å². The van der Waals surface area contributed by atoms with E-state index in [1.54, 1.807) is 13.8 Å². The number of rotatable bonds is 6. The zero-order valence-corrected chi connectivity index (χ0v) is 14.3. The molecule has 0 saturated carbocycles. The van der Waals surface area contributed by atoms with Gasteiger partial charge in [0.05, 0.1) is 21.6 Å². The van der Waals surface area contributed by atoms with Crippen LogP contribution in [0.3, 0.4) is 0 Å². The summed E-state index contributed by atoms with van der Waals surface area (Å²) in [6.07, 6.45) is -4.24. The molecule has 1 aliphatic heterocycles. The molecule has 0 bridgehead atoms. The van der Waals surface area contributed by atoms with Gasteiger partial charge in [0.25, 0.3) is 10.0 Å². The summed E-state index contributed by atoms with van der Waals surface area (Å²) < 4.78 is 77.7. The number of unbranched alkanes of at least 4 members (excludes halogenated alkanes) is 1. The quantitative estimate of drug-likeness (QED) is 0.415. The Labute approximate surface area is 142 Å². The molecule has 1 aromatic carbocycles. The van der Waals surface area contributed by atoms with Crippen LogP contribution in [-0.2, 0) is 21.6 Å². The number of alkyl halides is 3. The van der Waals surface area contributed by atoms with Gasteiger partial charge in [-0.1, -0.05) is 13.3 Å². The summed E-state index contributed by atoms with van der Waals surface area (Å²) in [5.74, 6) is -1.49. The van der Waals surface area contributed by atoms with E-state index in [0.717, 1.165) is 6.07 Å². The third kappa shape index (κ3) is 3.88. The predicted molar refractivity (Wildman–Crippen MR) is 85.0 cm³/mol. The molecule has 10 heteroatoms. The van der Waals surface area contributed by atoms with Crippen molar-refractivity contribution in [1.82, 2.24) is 0 Å². The second-order valence-electron chi connectivity index (χ2n) is 6.19. The summed E-state index contributed by atoms with van der Waals surface area (Å²) in [6, 6.07) is 1.41. The number of nitroso groups, excluding NO2 is 1. The summed E-state index contributed by atoms with van der Waals surface area (Å²) in [4.78, 5) is 14.2. The lowest BCUT2D eigenvalue weighted by Gasteiger charge is -2.29. The zero-order chi connectivity index (χ0) is 19.0. The summed E-state index contributed by atoms with van der Waals surface area (Å²) >= 11 is 0. The van der Waals surface area contributed by atoms with Gasteiger partial charge in [-0.05, 0) is 31.9 Å². The summed E-state index contributed by atoms with van der Waals surface area (Å²) in [5.41, 5.74) is -1.93. The molecule has 5 nitrogen and oxygen atoms in total. The SMILES string of the molecule is CC1=Nc2cc(F)cc(C(F)(F)F)c2C1(C)CCCCS(=O)(=O)N=O. The first kappa shape index (κ1) is 19.5. The molecule has 25 heavy (non-hydrogen) atoms. The van der Waals surface area contributed by atoms with Gasteiger partial charge in [-0.25, -0.2) is 12.8 Å². The molecular formula is C15H16F4N2O3S. The van der Waals surface area contributed by atoms with Crippen molar-refractivity contribution >= 4 is 21.4 Å². The lowest BCUT2D eigenvalue weighted by molar-refractivity contribution is -0.138. The lowest BCUT2D eigenvalue weighted by Crippen LogP contribution is -2.30. The number of nitrogens with zero attached hydrogens (tertiary/aromatic N) is 2. The normalized spacial score (nSPS) is 20.3. The van der Waals surface area contributed by atoms with Crippen molar-refractivity contribution in [3.63, 3.8) is 0 Å². The van der Waals surface area contributed by atoms with Crippen LogP contribution in [0.5, 0.6) is 0 Å². The minimum absolute atomic E-state index is 0.0606. The average Bonchev–Trinajstić information content (AvgIpc) is 2.73. The molecule has 0 spiro atoms. The topological polar surface area (TPSA) is 75.9 Å². The predicted octanol–water partition coefficient (Wildman–Crippen LogP) is 4.47. The van der Waals surface area contributed by atoms with Gasteiger partial charge in [0.15, 0.2) is 0 Å². The van der Waals surface area contributed by atoms with Crippen molar-refractivity contribution in [3.8, 4) is 0 Å². The Bertz CT molecular complexity index is 834. The minimum Gasteiger partial charge on any atom is -0.257 e. The van der Waals surface area contributed by atoms with E-state index >= 15 is 0 Å². The van der Waals surface area contributed by atoms with Gasteiger partial charge in [-0.3, -0.25) is 4.99 Å². The standard InChI is InChI=1S/C15H16F4N2O3S/c1-9-14(2,5-3-4-6-25(23,24)21-22)13-11(15(17,18)19)7-10(16)8-12(13)20-9/h7-8H,3-6H2,1-2H3. The van der Waals surface area contributed by atoms with Crippen LogP contribution in [0.1, 0.15) is 44.2 Å². The van der Waals surface area contributed by atoms with Gasteiger partial charge in [0.2, 0.25) is 0 Å². The molecule has 1 unspecified atom stereocenters. The molecule has 0 aliphatic carbocycles. The summed E-state index contributed by atoms with van der Waals surface area (Å²) in [6.45, 7) is 3.12. The van der Waals surface area contributed by atoms with Crippen LogP contribution in [0.15, 0.2) is 21.7 Å². The Balaban J connectivity index is 2.32. The molecule has 0 radical (unpaired) electrons. The highest BCUT2D eigenvalue weighted by Crippen LogP contribution is 2.49. The highest BCUT2D eigenvalue weighted by molar-refractivity contribution is 7.89. The van der Waals surface area contributed by atoms with E-state index in [9.17, 15) is 30.9 Å².